The van der Waals surface area contributed by atoms with Gasteiger partial charge < -0.3 is 0 Å². The molecule has 0 aliphatic heterocycles. The third-order valence-corrected chi connectivity index (χ3v) is 3.55. The van der Waals surface area contributed by atoms with Crippen molar-refractivity contribution in [3.05, 3.63) is 71.4 Å². The van der Waals surface area contributed by atoms with Crippen molar-refractivity contribution in [1.29, 1.82) is 0 Å². The minimum atomic E-state index is 0.607. The summed E-state index contributed by atoms with van der Waals surface area (Å²) >= 11 is 6.36. The van der Waals surface area contributed by atoms with Gasteiger partial charge in [-0.2, -0.15) is 0 Å². The van der Waals surface area contributed by atoms with Gasteiger partial charge in [0.2, 0.25) is 0 Å². The Morgan fingerprint density at radius 3 is 1.90 bits per heavy atom. The summed E-state index contributed by atoms with van der Waals surface area (Å²) in [6.45, 7) is 1.91. The van der Waals surface area contributed by atoms with Crippen LogP contribution in [0.4, 0.5) is 0 Å². The predicted octanol–water partition coefficient (Wildman–Crippen LogP) is 4.77. The van der Waals surface area contributed by atoms with E-state index in [4.69, 9.17) is 11.6 Å². The Morgan fingerprint density at radius 1 is 0.750 bits per heavy atom. The van der Waals surface area contributed by atoms with Crippen LogP contribution in [0, 0.1) is 6.92 Å². The fourth-order valence-corrected chi connectivity index (χ4v) is 2.26. The van der Waals surface area contributed by atoms with Crippen LogP contribution in [0.2, 0.25) is 5.02 Å². The van der Waals surface area contributed by atoms with Gasteiger partial charge in [-0.05, 0) is 6.92 Å². The Bertz CT molecular complexity index is 725. The number of rotatable bonds is 2. The van der Waals surface area contributed by atoms with E-state index in [0.717, 1.165) is 22.5 Å². The van der Waals surface area contributed by atoms with Crippen molar-refractivity contribution in [3.8, 4) is 22.6 Å². The van der Waals surface area contributed by atoms with Gasteiger partial charge in [-0.15, -0.1) is 0 Å². The molecule has 3 heteroatoms. The first-order valence-electron chi connectivity index (χ1n) is 6.40. The van der Waals surface area contributed by atoms with Crippen LogP contribution in [0.3, 0.4) is 0 Å². The molecule has 98 valence electrons. The number of hydrogen-bond acceptors (Lipinski definition) is 2. The molecule has 0 amide bonds. The molecule has 2 nitrogen and oxygen atoms in total. The van der Waals surface area contributed by atoms with E-state index in [1.54, 1.807) is 0 Å². The van der Waals surface area contributed by atoms with E-state index in [1.165, 1.54) is 0 Å². The summed E-state index contributed by atoms with van der Waals surface area (Å²) in [6, 6.07) is 19.9. The Hall–Kier alpha value is -2.19. The maximum atomic E-state index is 6.36. The number of nitrogens with zero attached hydrogens (tertiary/aromatic N) is 2. The van der Waals surface area contributed by atoms with E-state index in [-0.39, 0.29) is 0 Å². The van der Waals surface area contributed by atoms with Gasteiger partial charge in [0.05, 0.1) is 16.4 Å². The lowest BCUT2D eigenvalue weighted by atomic mass is 10.1. The average molecular weight is 281 g/mol. The predicted molar refractivity (Wildman–Crippen MR) is 82.7 cm³/mol. The summed E-state index contributed by atoms with van der Waals surface area (Å²) in [5.74, 6) is 0.700. The quantitative estimate of drug-likeness (QED) is 0.675. The second-order valence-electron chi connectivity index (χ2n) is 4.53. The lowest BCUT2D eigenvalue weighted by molar-refractivity contribution is 1.12. The molecule has 0 bridgehead atoms. The molecule has 0 radical (unpaired) electrons. The highest BCUT2D eigenvalue weighted by atomic mass is 35.5. The maximum Gasteiger partial charge on any atom is 0.160 e. The fraction of sp³-hybridized carbons (Fsp3) is 0.0588. The van der Waals surface area contributed by atoms with E-state index in [9.17, 15) is 0 Å². The molecule has 0 N–H and O–H groups in total. The summed E-state index contributed by atoms with van der Waals surface area (Å²) in [5.41, 5.74) is 3.56. The number of hydrogen-bond donors (Lipinski definition) is 0. The molecule has 0 saturated heterocycles. The number of aryl methyl sites for hydroxylation is 1. The molecule has 0 aliphatic rings. The molecule has 0 atom stereocenters. The van der Waals surface area contributed by atoms with Crippen LogP contribution >= 0.6 is 11.6 Å². The van der Waals surface area contributed by atoms with Gasteiger partial charge in [0.15, 0.2) is 5.82 Å². The van der Waals surface area contributed by atoms with E-state index < -0.39 is 0 Å². The Morgan fingerprint density at radius 2 is 1.30 bits per heavy atom. The van der Waals surface area contributed by atoms with Crippen molar-refractivity contribution >= 4 is 11.6 Å². The standard InChI is InChI=1S/C17H13ClN2/c1-12-15(18)16(13-8-4-2-5-9-13)20-17(19-12)14-10-6-3-7-11-14/h2-11H,1H3. The minimum absolute atomic E-state index is 0.607. The largest absolute Gasteiger partial charge is 0.232 e. The molecule has 0 spiro atoms. The average Bonchev–Trinajstić information content (AvgIpc) is 2.51. The zero-order valence-electron chi connectivity index (χ0n) is 11.0. The molecule has 0 saturated carbocycles. The Kier molecular flexibility index (Phi) is 3.48. The first-order valence-corrected chi connectivity index (χ1v) is 6.78. The summed E-state index contributed by atoms with van der Waals surface area (Å²) in [5, 5.41) is 0.607. The molecule has 3 aromatic rings. The maximum absolute atomic E-state index is 6.36. The Balaban J connectivity index is 2.19. The summed E-state index contributed by atoms with van der Waals surface area (Å²) in [7, 11) is 0. The highest BCUT2D eigenvalue weighted by Gasteiger charge is 2.12. The van der Waals surface area contributed by atoms with Gasteiger partial charge >= 0.3 is 0 Å². The third-order valence-electron chi connectivity index (χ3n) is 3.10. The normalized spacial score (nSPS) is 10.5. The van der Waals surface area contributed by atoms with Gasteiger partial charge in [0.1, 0.15) is 0 Å². The molecule has 1 aromatic heterocycles. The topological polar surface area (TPSA) is 25.8 Å². The number of halogens is 1. The van der Waals surface area contributed by atoms with Gasteiger partial charge in [0, 0.05) is 11.1 Å². The van der Waals surface area contributed by atoms with Crippen molar-refractivity contribution in [2.45, 2.75) is 6.92 Å². The molecule has 2 aromatic carbocycles. The van der Waals surface area contributed by atoms with E-state index in [1.807, 2.05) is 67.6 Å². The zero-order chi connectivity index (χ0) is 13.9. The van der Waals surface area contributed by atoms with E-state index in [2.05, 4.69) is 9.97 Å². The van der Waals surface area contributed by atoms with Gasteiger partial charge in [-0.1, -0.05) is 72.3 Å². The monoisotopic (exact) mass is 280 g/mol. The SMILES string of the molecule is Cc1nc(-c2ccccc2)nc(-c2ccccc2)c1Cl. The van der Waals surface area contributed by atoms with Crippen molar-refractivity contribution in [2.24, 2.45) is 0 Å². The second kappa shape index (κ2) is 5.43. The molecule has 0 unspecified atom stereocenters. The number of aromatic nitrogens is 2. The third kappa shape index (κ3) is 2.43. The lowest BCUT2D eigenvalue weighted by Crippen LogP contribution is -1.97. The van der Waals surface area contributed by atoms with Gasteiger partial charge in [-0.25, -0.2) is 9.97 Å². The molecule has 0 fully saturated rings. The van der Waals surface area contributed by atoms with Crippen molar-refractivity contribution < 1.29 is 0 Å². The molecule has 20 heavy (non-hydrogen) atoms. The highest BCUT2D eigenvalue weighted by Crippen LogP contribution is 2.30. The van der Waals surface area contributed by atoms with Crippen LogP contribution in [0.1, 0.15) is 5.69 Å². The van der Waals surface area contributed by atoms with Crippen molar-refractivity contribution in [1.82, 2.24) is 9.97 Å². The fourth-order valence-electron chi connectivity index (χ4n) is 2.06. The van der Waals surface area contributed by atoms with Crippen LogP contribution < -0.4 is 0 Å². The Labute approximate surface area is 123 Å². The summed E-state index contributed by atoms with van der Waals surface area (Å²) in [4.78, 5) is 9.12. The van der Waals surface area contributed by atoms with E-state index in [0.29, 0.717) is 10.8 Å². The summed E-state index contributed by atoms with van der Waals surface area (Å²) in [6.07, 6.45) is 0. The van der Waals surface area contributed by atoms with Crippen molar-refractivity contribution in [3.63, 3.8) is 0 Å². The molecular formula is C17H13ClN2. The zero-order valence-corrected chi connectivity index (χ0v) is 11.8. The molecule has 1 heterocycles. The first kappa shape index (κ1) is 12.8. The minimum Gasteiger partial charge on any atom is -0.232 e. The van der Waals surface area contributed by atoms with Crippen molar-refractivity contribution in [2.75, 3.05) is 0 Å². The molecular weight excluding hydrogens is 268 g/mol. The van der Waals surface area contributed by atoms with Crippen LogP contribution in [-0.4, -0.2) is 9.97 Å². The van der Waals surface area contributed by atoms with E-state index >= 15 is 0 Å². The van der Waals surface area contributed by atoms with Gasteiger partial charge in [0.25, 0.3) is 0 Å². The molecule has 0 aliphatic carbocycles. The van der Waals surface area contributed by atoms with Crippen LogP contribution in [0.5, 0.6) is 0 Å². The number of benzene rings is 2. The van der Waals surface area contributed by atoms with Crippen LogP contribution in [-0.2, 0) is 0 Å². The first-order chi connectivity index (χ1) is 9.75. The highest BCUT2D eigenvalue weighted by molar-refractivity contribution is 6.33. The van der Waals surface area contributed by atoms with Crippen LogP contribution in [0.25, 0.3) is 22.6 Å². The molecule has 3 rings (SSSR count). The lowest BCUT2D eigenvalue weighted by Gasteiger charge is -2.09. The smallest absolute Gasteiger partial charge is 0.160 e. The van der Waals surface area contributed by atoms with Crippen LogP contribution in [0.15, 0.2) is 60.7 Å². The van der Waals surface area contributed by atoms with Gasteiger partial charge in [-0.3, -0.25) is 0 Å². The summed E-state index contributed by atoms with van der Waals surface area (Å²) < 4.78 is 0. The second-order valence-corrected chi connectivity index (χ2v) is 4.91.